The maximum atomic E-state index is 2.47. The molecule has 76 valence electrons. The van der Waals surface area contributed by atoms with Crippen molar-refractivity contribution in [1.29, 1.82) is 0 Å². The van der Waals surface area contributed by atoms with E-state index in [0.717, 1.165) is 5.92 Å². The van der Waals surface area contributed by atoms with Crippen LogP contribution in [0, 0.1) is 11.3 Å². The first kappa shape index (κ1) is 10.8. The zero-order chi connectivity index (χ0) is 9.90. The standard InChI is InChI=1S/C13H24/c1-5-12-10-8-9-11(4)13(12,6-2)7-3/h9,12H,5-8,10H2,1-4H3. The van der Waals surface area contributed by atoms with Gasteiger partial charge in [-0.05, 0) is 43.9 Å². The molecule has 0 N–H and O–H groups in total. The monoisotopic (exact) mass is 180 g/mol. The van der Waals surface area contributed by atoms with Crippen molar-refractivity contribution in [3.8, 4) is 0 Å². The Hall–Kier alpha value is -0.260. The van der Waals surface area contributed by atoms with E-state index in [9.17, 15) is 0 Å². The summed E-state index contributed by atoms with van der Waals surface area (Å²) >= 11 is 0. The Kier molecular flexibility index (Phi) is 3.58. The quantitative estimate of drug-likeness (QED) is 0.558. The summed E-state index contributed by atoms with van der Waals surface area (Å²) in [5, 5.41) is 0. The molecule has 1 rings (SSSR count). The summed E-state index contributed by atoms with van der Waals surface area (Å²) in [4.78, 5) is 0. The van der Waals surface area contributed by atoms with Crippen LogP contribution >= 0.6 is 0 Å². The van der Waals surface area contributed by atoms with Gasteiger partial charge in [0.25, 0.3) is 0 Å². The highest BCUT2D eigenvalue weighted by molar-refractivity contribution is 5.17. The molecule has 0 aliphatic heterocycles. The van der Waals surface area contributed by atoms with Gasteiger partial charge in [0.15, 0.2) is 0 Å². The van der Waals surface area contributed by atoms with Crippen LogP contribution in [0.5, 0.6) is 0 Å². The smallest absolute Gasteiger partial charge is 0.00678 e. The van der Waals surface area contributed by atoms with Gasteiger partial charge in [-0.15, -0.1) is 0 Å². The Balaban J connectivity index is 2.95. The van der Waals surface area contributed by atoms with E-state index in [-0.39, 0.29) is 0 Å². The number of allylic oxidation sites excluding steroid dienone is 2. The molecule has 0 aromatic rings. The third kappa shape index (κ3) is 1.68. The lowest BCUT2D eigenvalue weighted by Crippen LogP contribution is -2.32. The molecule has 13 heavy (non-hydrogen) atoms. The summed E-state index contributed by atoms with van der Waals surface area (Å²) in [5.74, 6) is 0.937. The normalized spacial score (nSPS) is 27.1. The van der Waals surface area contributed by atoms with Gasteiger partial charge in [0.05, 0.1) is 0 Å². The van der Waals surface area contributed by atoms with Gasteiger partial charge >= 0.3 is 0 Å². The first-order chi connectivity index (χ1) is 6.21. The predicted molar refractivity (Wildman–Crippen MR) is 59.8 cm³/mol. The Morgan fingerprint density at radius 1 is 1.31 bits per heavy atom. The Bertz CT molecular complexity index is 184. The van der Waals surface area contributed by atoms with Crippen LogP contribution in [0.25, 0.3) is 0 Å². The van der Waals surface area contributed by atoms with E-state index in [0.29, 0.717) is 5.41 Å². The summed E-state index contributed by atoms with van der Waals surface area (Å²) in [6.07, 6.45) is 9.20. The molecular formula is C13H24. The predicted octanol–water partition coefficient (Wildman–Crippen LogP) is 4.56. The van der Waals surface area contributed by atoms with Gasteiger partial charge in [-0.1, -0.05) is 38.8 Å². The Morgan fingerprint density at radius 3 is 2.31 bits per heavy atom. The van der Waals surface area contributed by atoms with Gasteiger partial charge in [0.2, 0.25) is 0 Å². The van der Waals surface area contributed by atoms with Crippen molar-refractivity contribution < 1.29 is 0 Å². The van der Waals surface area contributed by atoms with Crippen molar-refractivity contribution in [3.63, 3.8) is 0 Å². The van der Waals surface area contributed by atoms with Crippen LogP contribution in [0.3, 0.4) is 0 Å². The molecule has 0 fully saturated rings. The van der Waals surface area contributed by atoms with Crippen molar-refractivity contribution in [2.45, 2.75) is 59.8 Å². The summed E-state index contributed by atoms with van der Waals surface area (Å²) in [6, 6.07) is 0. The second-order valence-electron chi connectivity index (χ2n) is 4.43. The molecular weight excluding hydrogens is 156 g/mol. The van der Waals surface area contributed by atoms with Gasteiger partial charge in [0, 0.05) is 0 Å². The molecule has 0 radical (unpaired) electrons. The van der Waals surface area contributed by atoms with Crippen molar-refractivity contribution in [1.82, 2.24) is 0 Å². The lowest BCUT2D eigenvalue weighted by molar-refractivity contribution is 0.163. The van der Waals surface area contributed by atoms with Gasteiger partial charge in [-0.25, -0.2) is 0 Å². The molecule has 0 heteroatoms. The maximum Gasteiger partial charge on any atom is -0.00678 e. The van der Waals surface area contributed by atoms with E-state index < -0.39 is 0 Å². The minimum atomic E-state index is 0.549. The van der Waals surface area contributed by atoms with Crippen LogP contribution in [0.2, 0.25) is 0 Å². The van der Waals surface area contributed by atoms with E-state index in [1.807, 2.05) is 0 Å². The average Bonchev–Trinajstić information content (AvgIpc) is 2.18. The Morgan fingerprint density at radius 2 is 1.92 bits per heavy atom. The largest absolute Gasteiger partial charge is 0.0850 e. The molecule has 1 atom stereocenters. The van der Waals surface area contributed by atoms with Gasteiger partial charge < -0.3 is 0 Å². The lowest BCUT2D eigenvalue weighted by Gasteiger charge is -2.43. The number of hydrogen-bond acceptors (Lipinski definition) is 0. The van der Waals surface area contributed by atoms with Crippen LogP contribution in [-0.4, -0.2) is 0 Å². The van der Waals surface area contributed by atoms with E-state index in [1.54, 1.807) is 5.57 Å². The maximum absolute atomic E-state index is 2.47. The van der Waals surface area contributed by atoms with Gasteiger partial charge in [-0.3, -0.25) is 0 Å². The van der Waals surface area contributed by atoms with Crippen LogP contribution < -0.4 is 0 Å². The molecule has 0 spiro atoms. The summed E-state index contributed by atoms with van der Waals surface area (Å²) in [6.45, 7) is 9.40. The van der Waals surface area contributed by atoms with Gasteiger partial charge in [0.1, 0.15) is 0 Å². The first-order valence-corrected chi connectivity index (χ1v) is 5.88. The molecule has 0 aromatic heterocycles. The van der Waals surface area contributed by atoms with Crippen molar-refractivity contribution >= 4 is 0 Å². The topological polar surface area (TPSA) is 0 Å². The highest BCUT2D eigenvalue weighted by Crippen LogP contribution is 2.48. The summed E-state index contributed by atoms with van der Waals surface area (Å²) in [7, 11) is 0. The van der Waals surface area contributed by atoms with Gasteiger partial charge in [-0.2, -0.15) is 0 Å². The van der Waals surface area contributed by atoms with Crippen LogP contribution in [0.4, 0.5) is 0 Å². The fourth-order valence-corrected chi connectivity index (χ4v) is 3.28. The lowest BCUT2D eigenvalue weighted by atomic mass is 9.62. The van der Waals surface area contributed by atoms with E-state index in [1.165, 1.54) is 32.1 Å². The van der Waals surface area contributed by atoms with E-state index in [2.05, 4.69) is 33.8 Å². The first-order valence-electron chi connectivity index (χ1n) is 5.88. The van der Waals surface area contributed by atoms with E-state index >= 15 is 0 Å². The zero-order valence-corrected chi connectivity index (χ0v) is 9.69. The SMILES string of the molecule is CCC1CCC=C(C)C1(CC)CC. The molecule has 1 unspecified atom stereocenters. The molecule has 0 heterocycles. The van der Waals surface area contributed by atoms with Crippen molar-refractivity contribution in [3.05, 3.63) is 11.6 Å². The molecule has 1 aliphatic rings. The number of hydrogen-bond donors (Lipinski definition) is 0. The Labute approximate surface area is 83.4 Å². The second-order valence-corrected chi connectivity index (χ2v) is 4.43. The van der Waals surface area contributed by atoms with E-state index in [4.69, 9.17) is 0 Å². The molecule has 0 saturated heterocycles. The number of rotatable bonds is 3. The zero-order valence-electron chi connectivity index (χ0n) is 9.69. The molecule has 0 saturated carbocycles. The third-order valence-electron chi connectivity index (χ3n) is 4.29. The molecule has 0 bridgehead atoms. The highest BCUT2D eigenvalue weighted by Gasteiger charge is 2.37. The summed E-state index contributed by atoms with van der Waals surface area (Å²) in [5.41, 5.74) is 2.21. The molecule has 0 aromatic carbocycles. The average molecular weight is 180 g/mol. The third-order valence-corrected chi connectivity index (χ3v) is 4.29. The fraction of sp³-hybridized carbons (Fsp3) is 0.846. The van der Waals surface area contributed by atoms with Crippen molar-refractivity contribution in [2.24, 2.45) is 11.3 Å². The second kappa shape index (κ2) is 4.30. The van der Waals surface area contributed by atoms with Crippen molar-refractivity contribution in [2.75, 3.05) is 0 Å². The minimum Gasteiger partial charge on any atom is -0.0850 e. The molecule has 0 nitrogen and oxygen atoms in total. The fourth-order valence-electron chi connectivity index (χ4n) is 3.28. The minimum absolute atomic E-state index is 0.549. The van der Waals surface area contributed by atoms with Crippen LogP contribution in [0.15, 0.2) is 11.6 Å². The molecule has 1 aliphatic carbocycles. The molecule has 0 amide bonds. The van der Waals surface area contributed by atoms with Crippen LogP contribution in [-0.2, 0) is 0 Å². The summed E-state index contributed by atoms with van der Waals surface area (Å²) < 4.78 is 0. The highest BCUT2D eigenvalue weighted by atomic mass is 14.4. The van der Waals surface area contributed by atoms with Crippen LogP contribution in [0.1, 0.15) is 59.8 Å².